The third kappa shape index (κ3) is 5.38. The van der Waals surface area contributed by atoms with Crippen LogP contribution in [0.25, 0.3) is 0 Å². The minimum atomic E-state index is -0.795. The van der Waals surface area contributed by atoms with Gasteiger partial charge in [-0.1, -0.05) is 20.8 Å². The minimum absolute atomic E-state index is 0.385. The van der Waals surface area contributed by atoms with Crippen LogP contribution in [0.5, 0.6) is 0 Å². The fourth-order valence-electron chi connectivity index (χ4n) is 1.63. The lowest BCUT2D eigenvalue weighted by atomic mass is 10.1. The molecule has 0 aromatic heterocycles. The Morgan fingerprint density at radius 3 is 2.47 bits per heavy atom. The summed E-state index contributed by atoms with van der Waals surface area (Å²) >= 11 is 0. The van der Waals surface area contributed by atoms with Crippen LogP contribution in [0.15, 0.2) is 0 Å². The van der Waals surface area contributed by atoms with Gasteiger partial charge in [0.05, 0.1) is 6.07 Å². The predicted octanol–water partition coefficient (Wildman–Crippen LogP) is 1.72. The Kier molecular flexibility index (Phi) is 6.72. The van der Waals surface area contributed by atoms with Crippen LogP contribution >= 0.6 is 0 Å². The van der Waals surface area contributed by atoms with E-state index in [0.717, 1.165) is 6.54 Å². The number of rotatable bonds is 7. The molecule has 15 heavy (non-hydrogen) atoms. The van der Waals surface area contributed by atoms with E-state index < -0.39 is 12.0 Å². The van der Waals surface area contributed by atoms with Gasteiger partial charge in [-0.05, 0) is 12.3 Å². The predicted molar refractivity (Wildman–Crippen MR) is 58.4 cm³/mol. The third-order valence-corrected chi connectivity index (χ3v) is 2.22. The van der Waals surface area contributed by atoms with Gasteiger partial charge in [-0.15, -0.1) is 0 Å². The van der Waals surface area contributed by atoms with Gasteiger partial charge in [-0.3, -0.25) is 9.69 Å². The standard InChI is InChI=1S/C11H20N2O2/c1-4-10(11(14)15)13(7-5-6-12)8-9(2)3/h9-10H,4-5,7-8H2,1-3H3,(H,14,15). The molecule has 0 saturated carbocycles. The van der Waals surface area contributed by atoms with Crippen molar-refractivity contribution in [1.82, 2.24) is 4.90 Å². The van der Waals surface area contributed by atoms with Gasteiger partial charge in [0.1, 0.15) is 6.04 Å². The van der Waals surface area contributed by atoms with Crippen molar-refractivity contribution < 1.29 is 9.90 Å². The smallest absolute Gasteiger partial charge is 0.320 e. The number of nitrogens with zero attached hydrogens (tertiary/aromatic N) is 2. The summed E-state index contributed by atoms with van der Waals surface area (Å²) in [6.45, 7) is 7.23. The van der Waals surface area contributed by atoms with Gasteiger partial charge in [0, 0.05) is 19.5 Å². The van der Waals surface area contributed by atoms with Gasteiger partial charge < -0.3 is 5.11 Å². The Bertz CT molecular complexity index is 233. The van der Waals surface area contributed by atoms with Crippen LogP contribution in [0.4, 0.5) is 0 Å². The van der Waals surface area contributed by atoms with E-state index in [0.29, 0.717) is 25.3 Å². The van der Waals surface area contributed by atoms with Crippen molar-refractivity contribution in [2.24, 2.45) is 5.92 Å². The maximum atomic E-state index is 11.0. The minimum Gasteiger partial charge on any atom is -0.480 e. The maximum absolute atomic E-state index is 11.0. The molecule has 0 aliphatic rings. The molecular weight excluding hydrogens is 192 g/mol. The number of hydrogen-bond acceptors (Lipinski definition) is 3. The highest BCUT2D eigenvalue weighted by Gasteiger charge is 2.23. The first-order valence-corrected chi connectivity index (χ1v) is 5.36. The molecule has 0 aliphatic heterocycles. The lowest BCUT2D eigenvalue weighted by molar-refractivity contribution is -0.143. The van der Waals surface area contributed by atoms with E-state index in [1.165, 1.54) is 0 Å². The monoisotopic (exact) mass is 212 g/mol. The van der Waals surface area contributed by atoms with Crippen molar-refractivity contribution in [3.05, 3.63) is 0 Å². The zero-order valence-electron chi connectivity index (χ0n) is 9.73. The molecule has 0 amide bonds. The maximum Gasteiger partial charge on any atom is 0.320 e. The molecule has 0 heterocycles. The molecule has 0 rings (SSSR count). The first kappa shape index (κ1) is 13.9. The van der Waals surface area contributed by atoms with Gasteiger partial charge in [0.25, 0.3) is 0 Å². The zero-order chi connectivity index (χ0) is 11.8. The van der Waals surface area contributed by atoms with Crippen LogP contribution in [0, 0.1) is 17.2 Å². The molecule has 0 bridgehead atoms. The highest BCUT2D eigenvalue weighted by Crippen LogP contribution is 2.09. The first-order valence-electron chi connectivity index (χ1n) is 5.36. The molecular formula is C11H20N2O2. The molecule has 1 N–H and O–H groups in total. The molecule has 86 valence electrons. The summed E-state index contributed by atoms with van der Waals surface area (Å²) in [7, 11) is 0. The van der Waals surface area contributed by atoms with Crippen molar-refractivity contribution in [1.29, 1.82) is 5.26 Å². The average molecular weight is 212 g/mol. The third-order valence-electron chi connectivity index (χ3n) is 2.22. The largest absolute Gasteiger partial charge is 0.480 e. The molecule has 0 radical (unpaired) electrons. The van der Waals surface area contributed by atoms with Gasteiger partial charge in [-0.25, -0.2) is 0 Å². The highest BCUT2D eigenvalue weighted by atomic mass is 16.4. The van der Waals surface area contributed by atoms with Crippen molar-refractivity contribution in [2.45, 2.75) is 39.7 Å². The second-order valence-electron chi connectivity index (χ2n) is 4.06. The number of carboxylic acid groups (broad SMARTS) is 1. The van der Waals surface area contributed by atoms with Crippen LogP contribution in [0.2, 0.25) is 0 Å². The van der Waals surface area contributed by atoms with Crippen LogP contribution in [0.3, 0.4) is 0 Å². The number of hydrogen-bond donors (Lipinski definition) is 1. The fourth-order valence-corrected chi connectivity index (χ4v) is 1.63. The summed E-state index contributed by atoms with van der Waals surface area (Å²) in [4.78, 5) is 12.9. The summed E-state index contributed by atoms with van der Waals surface area (Å²) in [5.41, 5.74) is 0. The number of carboxylic acids is 1. The second-order valence-corrected chi connectivity index (χ2v) is 4.06. The molecule has 0 saturated heterocycles. The number of nitriles is 1. The lowest BCUT2D eigenvalue weighted by Crippen LogP contribution is -2.43. The van der Waals surface area contributed by atoms with E-state index in [9.17, 15) is 4.79 Å². The van der Waals surface area contributed by atoms with Crippen LogP contribution in [-0.2, 0) is 4.79 Å². The summed E-state index contributed by atoms with van der Waals surface area (Å²) in [5.74, 6) is -0.381. The van der Waals surface area contributed by atoms with E-state index in [4.69, 9.17) is 10.4 Å². The van der Waals surface area contributed by atoms with Crippen molar-refractivity contribution in [2.75, 3.05) is 13.1 Å². The molecule has 1 atom stereocenters. The highest BCUT2D eigenvalue weighted by molar-refractivity contribution is 5.73. The molecule has 1 unspecified atom stereocenters. The molecule has 0 aliphatic carbocycles. The average Bonchev–Trinajstić information content (AvgIpc) is 2.13. The molecule has 0 spiro atoms. The molecule has 0 aromatic rings. The topological polar surface area (TPSA) is 64.3 Å². The Hall–Kier alpha value is -1.08. The second kappa shape index (κ2) is 7.24. The zero-order valence-corrected chi connectivity index (χ0v) is 9.73. The number of aliphatic carboxylic acids is 1. The first-order chi connectivity index (χ1) is 7.02. The van der Waals surface area contributed by atoms with Crippen molar-refractivity contribution >= 4 is 5.97 Å². The quantitative estimate of drug-likeness (QED) is 0.698. The molecule has 4 heteroatoms. The summed E-state index contributed by atoms with van der Waals surface area (Å²) in [6, 6.07) is 1.60. The molecule has 0 aromatic carbocycles. The van der Waals surface area contributed by atoms with E-state index in [1.54, 1.807) is 0 Å². The van der Waals surface area contributed by atoms with E-state index in [-0.39, 0.29) is 0 Å². The van der Waals surface area contributed by atoms with Gasteiger partial charge in [0.2, 0.25) is 0 Å². The van der Waals surface area contributed by atoms with Crippen molar-refractivity contribution in [3.8, 4) is 6.07 Å². The Labute approximate surface area is 91.5 Å². The Morgan fingerprint density at radius 2 is 2.13 bits per heavy atom. The Morgan fingerprint density at radius 1 is 1.53 bits per heavy atom. The van der Waals surface area contributed by atoms with Gasteiger partial charge in [-0.2, -0.15) is 5.26 Å². The van der Waals surface area contributed by atoms with Gasteiger partial charge >= 0.3 is 5.97 Å². The van der Waals surface area contributed by atoms with E-state index >= 15 is 0 Å². The fraction of sp³-hybridized carbons (Fsp3) is 0.818. The van der Waals surface area contributed by atoms with E-state index in [1.807, 2.05) is 25.7 Å². The SMILES string of the molecule is CCC(C(=O)O)N(CCC#N)CC(C)C. The number of carbonyl (C=O) groups is 1. The summed E-state index contributed by atoms with van der Waals surface area (Å²) in [6.07, 6.45) is 0.962. The van der Waals surface area contributed by atoms with Gasteiger partial charge in [0.15, 0.2) is 0 Å². The van der Waals surface area contributed by atoms with Crippen molar-refractivity contribution in [3.63, 3.8) is 0 Å². The summed E-state index contributed by atoms with van der Waals surface area (Å²) in [5, 5.41) is 17.5. The Balaban J connectivity index is 4.44. The molecule has 4 nitrogen and oxygen atoms in total. The van der Waals surface area contributed by atoms with Crippen LogP contribution < -0.4 is 0 Å². The van der Waals surface area contributed by atoms with Crippen LogP contribution in [0.1, 0.15) is 33.6 Å². The lowest BCUT2D eigenvalue weighted by Gasteiger charge is -2.28. The van der Waals surface area contributed by atoms with E-state index in [2.05, 4.69) is 6.07 Å². The normalized spacial score (nSPS) is 12.8. The summed E-state index contributed by atoms with van der Waals surface area (Å²) < 4.78 is 0. The van der Waals surface area contributed by atoms with Crippen LogP contribution in [-0.4, -0.2) is 35.1 Å². The molecule has 0 fully saturated rings.